The van der Waals surface area contributed by atoms with E-state index in [-0.39, 0.29) is 18.6 Å². The smallest absolute Gasteiger partial charge is 0.478 e. The van der Waals surface area contributed by atoms with E-state index in [1.807, 2.05) is 60.7 Å². The predicted octanol–water partition coefficient (Wildman–Crippen LogP) is 5.58. The standard InChI is InChI=1S/2C7H6O2.2C5H5.V/c2*8-7(9)6-4-2-1-3-5-6;2*1-2-4-5-3-1;/h2*1-5H,(H,8,9);2*1-5H;/q;;2*-1;+2. The predicted molar refractivity (Wildman–Crippen MR) is 111 cm³/mol. The summed E-state index contributed by atoms with van der Waals surface area (Å²) in [7, 11) is 0. The van der Waals surface area contributed by atoms with Gasteiger partial charge in [0.1, 0.15) is 0 Å². The second-order valence-electron chi connectivity index (χ2n) is 5.27. The minimum Gasteiger partial charge on any atom is -0.478 e. The van der Waals surface area contributed by atoms with E-state index in [4.69, 9.17) is 10.2 Å². The van der Waals surface area contributed by atoms with Crippen molar-refractivity contribution in [2.45, 2.75) is 0 Å². The average molecular weight is 425 g/mol. The van der Waals surface area contributed by atoms with Crippen LogP contribution in [0.15, 0.2) is 121 Å². The summed E-state index contributed by atoms with van der Waals surface area (Å²) in [5.41, 5.74) is 0.662. The Morgan fingerprint density at radius 3 is 0.931 bits per heavy atom. The molecular weight excluding hydrogens is 403 g/mol. The summed E-state index contributed by atoms with van der Waals surface area (Å²) in [5, 5.41) is 16.8. The van der Waals surface area contributed by atoms with Gasteiger partial charge in [-0.25, -0.2) is 33.9 Å². The number of carboxylic acids is 2. The number of aromatic carboxylic acids is 2. The van der Waals surface area contributed by atoms with Gasteiger partial charge in [0.15, 0.2) is 0 Å². The Balaban J connectivity index is 0.000000369. The maximum atomic E-state index is 10.2. The summed E-state index contributed by atoms with van der Waals surface area (Å²) in [6.07, 6.45) is 0. The molecule has 29 heavy (non-hydrogen) atoms. The van der Waals surface area contributed by atoms with Crippen LogP contribution in [0.25, 0.3) is 0 Å². The van der Waals surface area contributed by atoms with Gasteiger partial charge in [0, 0.05) is 0 Å². The fourth-order valence-electron chi connectivity index (χ4n) is 1.80. The van der Waals surface area contributed by atoms with Gasteiger partial charge in [0.05, 0.1) is 11.1 Å². The average Bonchev–Trinajstić information content (AvgIpc) is 3.48. The Labute approximate surface area is 182 Å². The fourth-order valence-corrected chi connectivity index (χ4v) is 1.80. The van der Waals surface area contributed by atoms with Crippen LogP contribution in [-0.4, -0.2) is 22.2 Å². The molecule has 1 radical (unpaired) electrons. The number of carboxylic acid groups (broad SMARTS) is 2. The van der Waals surface area contributed by atoms with E-state index in [1.54, 1.807) is 60.7 Å². The van der Waals surface area contributed by atoms with Crippen molar-refractivity contribution in [1.29, 1.82) is 0 Å². The Bertz CT molecular complexity index is 746. The monoisotopic (exact) mass is 425 g/mol. The summed E-state index contributed by atoms with van der Waals surface area (Å²) in [4.78, 5) is 20.4. The van der Waals surface area contributed by atoms with Crippen molar-refractivity contribution in [3.05, 3.63) is 132 Å². The zero-order valence-electron chi connectivity index (χ0n) is 15.7. The van der Waals surface area contributed by atoms with E-state index in [1.165, 1.54) is 0 Å². The van der Waals surface area contributed by atoms with E-state index in [9.17, 15) is 9.59 Å². The van der Waals surface area contributed by atoms with Crippen LogP contribution in [-0.2, 0) is 18.6 Å². The topological polar surface area (TPSA) is 74.6 Å². The van der Waals surface area contributed by atoms with Gasteiger partial charge in [-0.15, -0.1) is 0 Å². The van der Waals surface area contributed by atoms with Crippen molar-refractivity contribution in [2.24, 2.45) is 0 Å². The third kappa shape index (κ3) is 13.5. The van der Waals surface area contributed by atoms with Gasteiger partial charge < -0.3 is 10.2 Å². The van der Waals surface area contributed by atoms with Crippen molar-refractivity contribution in [3.63, 3.8) is 0 Å². The normalized spacial score (nSPS) is 8.28. The number of benzene rings is 2. The first kappa shape index (κ1) is 25.7. The molecule has 0 atom stereocenters. The first-order valence-electron chi connectivity index (χ1n) is 8.51. The van der Waals surface area contributed by atoms with Crippen LogP contribution in [0.5, 0.6) is 0 Å². The van der Waals surface area contributed by atoms with Crippen molar-refractivity contribution >= 4 is 11.9 Å². The van der Waals surface area contributed by atoms with Crippen molar-refractivity contribution in [2.75, 3.05) is 0 Å². The quantitative estimate of drug-likeness (QED) is 0.411. The SMILES string of the molecule is O=C(O)c1ccccc1.O=C(O)c1ccccc1.[V+2].c1cc[cH-]c1.c1cc[cH-]c1. The van der Waals surface area contributed by atoms with Crippen LogP contribution < -0.4 is 0 Å². The molecule has 0 fully saturated rings. The molecule has 0 aliphatic carbocycles. The van der Waals surface area contributed by atoms with Gasteiger partial charge in [0.2, 0.25) is 0 Å². The molecule has 0 bridgehead atoms. The van der Waals surface area contributed by atoms with Crippen LogP contribution in [0.3, 0.4) is 0 Å². The molecule has 0 saturated heterocycles. The minimum atomic E-state index is -0.879. The second-order valence-corrected chi connectivity index (χ2v) is 5.27. The molecule has 0 saturated carbocycles. The molecule has 0 amide bonds. The van der Waals surface area contributed by atoms with E-state index in [0.29, 0.717) is 11.1 Å². The van der Waals surface area contributed by atoms with Gasteiger partial charge in [-0.05, 0) is 24.3 Å². The first-order chi connectivity index (χ1) is 13.6. The van der Waals surface area contributed by atoms with Crippen LogP contribution in [0.2, 0.25) is 0 Å². The van der Waals surface area contributed by atoms with E-state index >= 15 is 0 Å². The summed E-state index contributed by atoms with van der Waals surface area (Å²) >= 11 is 0. The molecule has 0 unspecified atom stereocenters. The summed E-state index contributed by atoms with van der Waals surface area (Å²) < 4.78 is 0. The van der Waals surface area contributed by atoms with Crippen LogP contribution in [0.1, 0.15) is 20.7 Å². The number of rotatable bonds is 2. The molecule has 0 aromatic heterocycles. The van der Waals surface area contributed by atoms with Crippen molar-refractivity contribution in [1.82, 2.24) is 0 Å². The third-order valence-electron chi connectivity index (χ3n) is 3.15. The Kier molecular flexibility index (Phi) is 14.9. The molecule has 0 aliphatic rings. The maximum absolute atomic E-state index is 10.2. The minimum absolute atomic E-state index is 0. The largest absolute Gasteiger partial charge is 2.00 e. The molecule has 4 aromatic rings. The van der Waals surface area contributed by atoms with Gasteiger partial charge >= 0.3 is 30.5 Å². The molecule has 147 valence electrons. The Morgan fingerprint density at radius 2 is 0.793 bits per heavy atom. The molecule has 4 nitrogen and oxygen atoms in total. The Hall–Kier alpha value is -3.34. The number of carbonyl (C=O) groups is 2. The second kappa shape index (κ2) is 16.8. The van der Waals surface area contributed by atoms with Crippen LogP contribution in [0, 0.1) is 0 Å². The zero-order chi connectivity index (χ0) is 20.5. The van der Waals surface area contributed by atoms with Gasteiger partial charge in [-0.2, -0.15) is 36.4 Å². The van der Waals surface area contributed by atoms with Crippen molar-refractivity contribution < 1.29 is 38.4 Å². The van der Waals surface area contributed by atoms with Gasteiger partial charge in [-0.3, -0.25) is 0 Å². The van der Waals surface area contributed by atoms with E-state index < -0.39 is 11.9 Å². The van der Waals surface area contributed by atoms with Crippen LogP contribution >= 0.6 is 0 Å². The fraction of sp³-hybridized carbons (Fsp3) is 0. The number of hydrogen-bond acceptors (Lipinski definition) is 2. The molecule has 0 aliphatic heterocycles. The first-order valence-corrected chi connectivity index (χ1v) is 8.51. The molecule has 5 heteroatoms. The zero-order valence-corrected chi connectivity index (χ0v) is 17.1. The molecule has 0 heterocycles. The van der Waals surface area contributed by atoms with E-state index in [0.717, 1.165) is 0 Å². The summed E-state index contributed by atoms with van der Waals surface area (Å²) in [5.74, 6) is -1.76. The molecule has 4 aromatic carbocycles. The molecule has 2 N–H and O–H groups in total. The third-order valence-corrected chi connectivity index (χ3v) is 3.15. The van der Waals surface area contributed by atoms with Crippen LogP contribution in [0.4, 0.5) is 0 Å². The maximum Gasteiger partial charge on any atom is 2.00 e. The molecular formula is C24H22O4V. The summed E-state index contributed by atoms with van der Waals surface area (Å²) in [6, 6.07) is 36.6. The molecule has 0 spiro atoms. The number of hydrogen-bond donors (Lipinski definition) is 2. The summed E-state index contributed by atoms with van der Waals surface area (Å²) in [6.45, 7) is 0. The Morgan fingerprint density at radius 1 is 0.517 bits per heavy atom. The van der Waals surface area contributed by atoms with Gasteiger partial charge in [0.25, 0.3) is 0 Å². The molecule has 4 rings (SSSR count). The van der Waals surface area contributed by atoms with Crippen molar-refractivity contribution in [3.8, 4) is 0 Å². The van der Waals surface area contributed by atoms with Gasteiger partial charge in [-0.1, -0.05) is 36.4 Å². The van der Waals surface area contributed by atoms with E-state index in [2.05, 4.69) is 0 Å².